The van der Waals surface area contributed by atoms with Gasteiger partial charge in [-0.3, -0.25) is 0 Å². The van der Waals surface area contributed by atoms with Gasteiger partial charge in [0.2, 0.25) is 0 Å². The first-order valence-electron chi connectivity index (χ1n) is 7.63. The zero-order valence-electron chi connectivity index (χ0n) is 13.6. The lowest BCUT2D eigenvalue weighted by Gasteiger charge is -2.14. The van der Waals surface area contributed by atoms with Crippen molar-refractivity contribution in [3.05, 3.63) is 59.7 Å². The Labute approximate surface area is 128 Å². The summed E-state index contributed by atoms with van der Waals surface area (Å²) in [5.74, 6) is 0.711. The largest absolute Gasteiger partial charge is 0.381 e. The predicted octanol–water partition coefficient (Wildman–Crippen LogP) is 4.56. The lowest BCUT2D eigenvalue weighted by molar-refractivity contribution is 0.647. The maximum absolute atomic E-state index is 3.49. The highest BCUT2D eigenvalue weighted by Crippen LogP contribution is 2.18. The molecule has 0 radical (unpaired) electrons. The number of nitrogens with zero attached hydrogens (tertiary/aromatic N) is 1. The van der Waals surface area contributed by atoms with E-state index in [-0.39, 0.29) is 0 Å². The molecule has 0 aliphatic carbocycles. The van der Waals surface area contributed by atoms with Gasteiger partial charge in [-0.25, -0.2) is 0 Å². The van der Waals surface area contributed by atoms with Crippen molar-refractivity contribution in [1.29, 1.82) is 0 Å². The SMILES string of the molecule is CC(C)Cc1ccc(CNc2cccc(N(C)C)c2)cc1. The van der Waals surface area contributed by atoms with Crippen molar-refractivity contribution in [2.24, 2.45) is 5.92 Å². The van der Waals surface area contributed by atoms with Gasteiger partial charge in [0.25, 0.3) is 0 Å². The van der Waals surface area contributed by atoms with Crippen molar-refractivity contribution in [3.8, 4) is 0 Å². The van der Waals surface area contributed by atoms with Crippen LogP contribution in [0.4, 0.5) is 11.4 Å². The fourth-order valence-electron chi connectivity index (χ4n) is 2.36. The van der Waals surface area contributed by atoms with Gasteiger partial charge in [-0.1, -0.05) is 44.2 Å². The molecule has 0 aliphatic heterocycles. The number of rotatable bonds is 6. The van der Waals surface area contributed by atoms with E-state index in [0.717, 1.165) is 18.7 Å². The monoisotopic (exact) mass is 282 g/mol. The molecule has 0 atom stereocenters. The molecule has 1 N–H and O–H groups in total. The van der Waals surface area contributed by atoms with E-state index >= 15 is 0 Å². The highest BCUT2D eigenvalue weighted by Gasteiger charge is 2.00. The average Bonchev–Trinajstić information content (AvgIpc) is 2.46. The predicted molar refractivity (Wildman–Crippen MR) is 93.1 cm³/mol. The van der Waals surface area contributed by atoms with Crippen LogP contribution in [0.5, 0.6) is 0 Å². The summed E-state index contributed by atoms with van der Waals surface area (Å²) in [6.45, 7) is 5.37. The third-order valence-electron chi connectivity index (χ3n) is 3.53. The fourth-order valence-corrected chi connectivity index (χ4v) is 2.36. The quantitative estimate of drug-likeness (QED) is 0.835. The molecular weight excluding hydrogens is 256 g/mol. The van der Waals surface area contributed by atoms with Crippen molar-refractivity contribution in [2.45, 2.75) is 26.8 Å². The second-order valence-corrected chi connectivity index (χ2v) is 6.21. The molecule has 2 rings (SSSR count). The second-order valence-electron chi connectivity index (χ2n) is 6.21. The van der Waals surface area contributed by atoms with Crippen LogP contribution in [0.3, 0.4) is 0 Å². The van der Waals surface area contributed by atoms with Crippen LogP contribution in [0.25, 0.3) is 0 Å². The molecule has 0 fully saturated rings. The lowest BCUT2D eigenvalue weighted by atomic mass is 10.0. The summed E-state index contributed by atoms with van der Waals surface area (Å²) < 4.78 is 0. The van der Waals surface area contributed by atoms with Crippen molar-refractivity contribution in [1.82, 2.24) is 0 Å². The Hall–Kier alpha value is -1.96. The Kier molecular flexibility index (Phi) is 5.26. The van der Waals surface area contributed by atoms with E-state index in [1.165, 1.54) is 16.8 Å². The number of hydrogen-bond donors (Lipinski definition) is 1. The van der Waals surface area contributed by atoms with Crippen LogP contribution in [0, 0.1) is 5.92 Å². The molecule has 2 aromatic rings. The van der Waals surface area contributed by atoms with Gasteiger partial charge in [-0.15, -0.1) is 0 Å². The van der Waals surface area contributed by atoms with Crippen LogP contribution in [-0.4, -0.2) is 14.1 Å². The number of nitrogens with one attached hydrogen (secondary N) is 1. The minimum absolute atomic E-state index is 0.711. The van der Waals surface area contributed by atoms with E-state index in [1.54, 1.807) is 0 Å². The first kappa shape index (κ1) is 15.4. The molecule has 21 heavy (non-hydrogen) atoms. The van der Waals surface area contributed by atoms with Crippen LogP contribution in [0.1, 0.15) is 25.0 Å². The van der Waals surface area contributed by atoms with Crippen LogP contribution in [-0.2, 0) is 13.0 Å². The van der Waals surface area contributed by atoms with E-state index in [4.69, 9.17) is 0 Å². The van der Waals surface area contributed by atoms with E-state index in [1.807, 2.05) is 0 Å². The van der Waals surface area contributed by atoms with E-state index < -0.39 is 0 Å². The maximum atomic E-state index is 3.49. The summed E-state index contributed by atoms with van der Waals surface area (Å²) in [6.07, 6.45) is 1.15. The van der Waals surface area contributed by atoms with Gasteiger partial charge < -0.3 is 10.2 Å². The zero-order chi connectivity index (χ0) is 15.2. The summed E-state index contributed by atoms with van der Waals surface area (Å²) in [6, 6.07) is 17.4. The average molecular weight is 282 g/mol. The summed E-state index contributed by atoms with van der Waals surface area (Å²) in [5, 5.41) is 3.49. The molecule has 0 unspecified atom stereocenters. The van der Waals surface area contributed by atoms with Crippen molar-refractivity contribution in [2.75, 3.05) is 24.3 Å². The third-order valence-corrected chi connectivity index (χ3v) is 3.53. The van der Waals surface area contributed by atoms with E-state index in [9.17, 15) is 0 Å². The fraction of sp³-hybridized carbons (Fsp3) is 0.368. The summed E-state index contributed by atoms with van der Waals surface area (Å²) >= 11 is 0. The van der Waals surface area contributed by atoms with Crippen molar-refractivity contribution >= 4 is 11.4 Å². The smallest absolute Gasteiger partial charge is 0.0400 e. The molecular formula is C19H26N2. The topological polar surface area (TPSA) is 15.3 Å². The Balaban J connectivity index is 1.95. The Morgan fingerprint density at radius 3 is 2.24 bits per heavy atom. The molecule has 0 saturated heterocycles. The Morgan fingerprint density at radius 1 is 0.952 bits per heavy atom. The van der Waals surface area contributed by atoms with Gasteiger partial charge in [-0.05, 0) is 41.7 Å². The molecule has 0 aliphatic rings. The molecule has 2 heteroatoms. The van der Waals surface area contributed by atoms with Gasteiger partial charge in [0.05, 0.1) is 0 Å². The molecule has 0 saturated carbocycles. The molecule has 0 amide bonds. The molecule has 0 spiro atoms. The molecule has 2 aromatic carbocycles. The highest BCUT2D eigenvalue weighted by atomic mass is 15.1. The second kappa shape index (κ2) is 7.16. The molecule has 0 bridgehead atoms. The van der Waals surface area contributed by atoms with Crippen LogP contribution < -0.4 is 10.2 Å². The van der Waals surface area contributed by atoms with Crippen LogP contribution >= 0.6 is 0 Å². The van der Waals surface area contributed by atoms with E-state index in [2.05, 4.69) is 86.7 Å². The Bertz CT molecular complexity index is 556. The van der Waals surface area contributed by atoms with Crippen molar-refractivity contribution < 1.29 is 0 Å². The number of anilines is 2. The molecule has 112 valence electrons. The van der Waals surface area contributed by atoms with Gasteiger partial charge >= 0.3 is 0 Å². The summed E-state index contributed by atoms with van der Waals surface area (Å²) in [5.41, 5.74) is 5.11. The first-order valence-corrected chi connectivity index (χ1v) is 7.63. The third kappa shape index (κ3) is 4.82. The number of benzene rings is 2. The molecule has 0 aromatic heterocycles. The zero-order valence-corrected chi connectivity index (χ0v) is 13.6. The van der Waals surface area contributed by atoms with Gasteiger partial charge in [0.1, 0.15) is 0 Å². The van der Waals surface area contributed by atoms with Crippen molar-refractivity contribution in [3.63, 3.8) is 0 Å². The minimum Gasteiger partial charge on any atom is -0.381 e. The maximum Gasteiger partial charge on any atom is 0.0400 e. The highest BCUT2D eigenvalue weighted by molar-refractivity contribution is 5.57. The molecule has 2 nitrogen and oxygen atoms in total. The standard InChI is InChI=1S/C19H26N2/c1-15(2)12-16-8-10-17(11-9-16)14-20-18-6-5-7-19(13-18)21(3)4/h5-11,13,15,20H,12,14H2,1-4H3. The number of hydrogen-bond acceptors (Lipinski definition) is 2. The summed E-state index contributed by atoms with van der Waals surface area (Å²) in [4.78, 5) is 2.12. The van der Waals surface area contributed by atoms with Gasteiger partial charge in [0, 0.05) is 32.0 Å². The Morgan fingerprint density at radius 2 is 1.62 bits per heavy atom. The van der Waals surface area contributed by atoms with Crippen LogP contribution in [0.15, 0.2) is 48.5 Å². The van der Waals surface area contributed by atoms with Gasteiger partial charge in [0.15, 0.2) is 0 Å². The first-order chi connectivity index (χ1) is 10.0. The lowest BCUT2D eigenvalue weighted by Crippen LogP contribution is -2.09. The molecule has 0 heterocycles. The normalized spacial score (nSPS) is 10.7. The summed E-state index contributed by atoms with van der Waals surface area (Å²) in [7, 11) is 4.12. The van der Waals surface area contributed by atoms with Gasteiger partial charge in [-0.2, -0.15) is 0 Å². The van der Waals surface area contributed by atoms with E-state index in [0.29, 0.717) is 5.92 Å². The minimum atomic E-state index is 0.711. The van der Waals surface area contributed by atoms with Crippen LogP contribution in [0.2, 0.25) is 0 Å².